The molecule has 0 radical (unpaired) electrons. The number of nitrogens with zero attached hydrogens (tertiary/aromatic N) is 1. The van der Waals surface area contributed by atoms with Crippen LogP contribution in [0.5, 0.6) is 0 Å². The third kappa shape index (κ3) is 4.80. The summed E-state index contributed by atoms with van der Waals surface area (Å²) in [4.78, 5) is 0.187. The van der Waals surface area contributed by atoms with Gasteiger partial charge < -0.3 is 0 Å². The van der Waals surface area contributed by atoms with Crippen LogP contribution in [0.25, 0.3) is 5.57 Å². The van der Waals surface area contributed by atoms with Gasteiger partial charge in [-0.1, -0.05) is 78.4 Å². The van der Waals surface area contributed by atoms with E-state index < -0.39 is 10.0 Å². The lowest BCUT2D eigenvalue weighted by Gasteiger charge is -2.07. The molecule has 3 nitrogen and oxygen atoms in total. The van der Waals surface area contributed by atoms with E-state index in [4.69, 9.17) is 0 Å². The first-order valence-electron chi connectivity index (χ1n) is 8.66. The lowest BCUT2D eigenvalue weighted by molar-refractivity contribution is 0.598. The molecule has 0 heterocycles. The van der Waals surface area contributed by atoms with Gasteiger partial charge in [-0.15, -0.1) is 0 Å². The highest BCUT2D eigenvalue weighted by molar-refractivity contribution is 7.90. The van der Waals surface area contributed by atoms with Crippen molar-refractivity contribution in [3.05, 3.63) is 108 Å². The van der Waals surface area contributed by atoms with Gasteiger partial charge >= 0.3 is 0 Å². The largest absolute Gasteiger partial charge is 0.282 e. The molecule has 0 saturated carbocycles. The third-order valence-electron chi connectivity index (χ3n) is 4.19. The third-order valence-corrected chi connectivity index (χ3v) is 5.49. The number of hydrogen-bond donors (Lipinski definition) is 0. The molecule has 0 N–H and O–H groups in total. The van der Waals surface area contributed by atoms with Crippen molar-refractivity contribution in [2.75, 3.05) is 0 Å². The first kappa shape index (κ1) is 18.8. The highest BCUT2D eigenvalue weighted by atomic mass is 32.2. The first-order chi connectivity index (χ1) is 13.0. The Labute approximate surface area is 160 Å². The molecule has 0 amide bonds. The molecule has 4 heteroatoms. The van der Waals surface area contributed by atoms with Gasteiger partial charge in [0.25, 0.3) is 10.0 Å². The summed E-state index contributed by atoms with van der Waals surface area (Å²) < 4.78 is 29.8. The zero-order valence-electron chi connectivity index (χ0n) is 15.3. The van der Waals surface area contributed by atoms with Crippen LogP contribution in [-0.4, -0.2) is 14.1 Å². The van der Waals surface area contributed by atoms with Gasteiger partial charge in [0.15, 0.2) is 0 Å². The molecule has 136 valence electrons. The van der Waals surface area contributed by atoms with Crippen molar-refractivity contribution in [3.63, 3.8) is 0 Å². The molecule has 0 aromatic heterocycles. The molecule has 3 aromatic rings. The van der Waals surface area contributed by atoms with Crippen LogP contribution in [0.3, 0.4) is 0 Å². The summed E-state index contributed by atoms with van der Waals surface area (Å²) >= 11 is 0. The Morgan fingerprint density at radius 2 is 1.30 bits per heavy atom. The Balaban J connectivity index is 2.10. The number of rotatable bonds is 5. The topological polar surface area (TPSA) is 46.5 Å². The molecule has 0 bridgehead atoms. The summed E-state index contributed by atoms with van der Waals surface area (Å²) in [7, 11) is -3.81. The van der Waals surface area contributed by atoms with Gasteiger partial charge in [-0.05, 0) is 43.2 Å². The molecule has 0 atom stereocenters. The number of allylic oxidation sites excluding steroid dienone is 2. The van der Waals surface area contributed by atoms with Crippen LogP contribution in [-0.2, 0) is 10.0 Å². The van der Waals surface area contributed by atoms with Crippen LogP contribution in [0.15, 0.2) is 100 Å². The van der Waals surface area contributed by atoms with Crippen molar-refractivity contribution in [3.8, 4) is 0 Å². The maximum atomic E-state index is 12.8. The molecular formula is C23H21NO2S. The first-order valence-corrected chi connectivity index (χ1v) is 10.1. The van der Waals surface area contributed by atoms with E-state index in [2.05, 4.69) is 4.40 Å². The highest BCUT2D eigenvalue weighted by Gasteiger charge is 2.14. The smallest absolute Gasteiger partial charge is 0.199 e. The lowest BCUT2D eigenvalue weighted by atomic mass is 10.0. The van der Waals surface area contributed by atoms with E-state index in [-0.39, 0.29) is 4.90 Å². The number of aryl methyl sites for hydroxylation is 1. The van der Waals surface area contributed by atoms with Crippen LogP contribution in [0, 0.1) is 6.92 Å². The quantitative estimate of drug-likeness (QED) is 0.570. The van der Waals surface area contributed by atoms with Gasteiger partial charge in [0, 0.05) is 5.56 Å². The predicted molar refractivity (Wildman–Crippen MR) is 111 cm³/mol. The second-order valence-electron chi connectivity index (χ2n) is 6.32. The van der Waals surface area contributed by atoms with Gasteiger partial charge in [-0.2, -0.15) is 12.8 Å². The summed E-state index contributed by atoms with van der Waals surface area (Å²) in [5.41, 5.74) is 4.13. The van der Waals surface area contributed by atoms with Crippen molar-refractivity contribution >= 4 is 21.3 Å². The second-order valence-corrected chi connectivity index (χ2v) is 7.93. The van der Waals surface area contributed by atoms with E-state index in [0.717, 1.165) is 22.3 Å². The summed E-state index contributed by atoms with van der Waals surface area (Å²) in [6, 6.07) is 25.9. The second kappa shape index (κ2) is 8.14. The molecule has 0 aliphatic carbocycles. The van der Waals surface area contributed by atoms with Crippen LogP contribution in [0.2, 0.25) is 0 Å². The summed E-state index contributed by atoms with van der Waals surface area (Å²) in [5.74, 6) is 0. The molecular weight excluding hydrogens is 354 g/mol. The summed E-state index contributed by atoms with van der Waals surface area (Å²) in [6.45, 7) is 3.87. The molecule has 3 aromatic carbocycles. The fourth-order valence-electron chi connectivity index (χ4n) is 2.65. The van der Waals surface area contributed by atoms with E-state index in [1.807, 2.05) is 80.6 Å². The Bertz CT molecular complexity index is 1070. The Hall–Kier alpha value is -2.98. The molecule has 0 unspecified atom stereocenters. The number of hydrogen-bond acceptors (Lipinski definition) is 2. The van der Waals surface area contributed by atoms with Crippen molar-refractivity contribution in [2.45, 2.75) is 18.7 Å². The highest BCUT2D eigenvalue weighted by Crippen LogP contribution is 2.19. The Morgan fingerprint density at radius 1 is 0.778 bits per heavy atom. The average molecular weight is 375 g/mol. The maximum Gasteiger partial charge on any atom is 0.282 e. The van der Waals surface area contributed by atoms with Gasteiger partial charge in [0.2, 0.25) is 0 Å². The van der Waals surface area contributed by atoms with Gasteiger partial charge in [-0.3, -0.25) is 0 Å². The van der Waals surface area contributed by atoms with Crippen molar-refractivity contribution in [2.24, 2.45) is 4.40 Å². The minimum Gasteiger partial charge on any atom is -0.199 e. The number of benzene rings is 3. The summed E-state index contributed by atoms with van der Waals surface area (Å²) in [6.07, 6.45) is 1.82. The lowest BCUT2D eigenvalue weighted by Crippen LogP contribution is -2.05. The minimum atomic E-state index is -3.81. The van der Waals surface area contributed by atoms with E-state index in [0.29, 0.717) is 5.71 Å². The standard InChI is InChI=1S/C23H21NO2S/c1-18-13-15-22(16-14-18)27(25,26)24-23(21-11-7-4-8-12-21)17-19(2)20-9-5-3-6-10-20/h3-17H,1-2H3/b19-17+,24-23?. The normalized spacial score (nSPS) is 12.8. The van der Waals surface area contributed by atoms with Crippen molar-refractivity contribution in [1.29, 1.82) is 0 Å². The zero-order chi connectivity index (χ0) is 19.3. The molecule has 0 spiro atoms. The van der Waals surface area contributed by atoms with E-state index in [9.17, 15) is 8.42 Å². The fourth-order valence-corrected chi connectivity index (χ4v) is 3.66. The van der Waals surface area contributed by atoms with Gasteiger partial charge in [0.05, 0.1) is 10.6 Å². The van der Waals surface area contributed by atoms with Crippen LogP contribution in [0.4, 0.5) is 0 Å². The maximum absolute atomic E-state index is 12.8. The molecule has 3 rings (SSSR count). The SMILES string of the molecule is C/C(=C\C(=NS(=O)(=O)c1ccc(C)cc1)c1ccccc1)c1ccccc1. The summed E-state index contributed by atoms with van der Waals surface area (Å²) in [5, 5.41) is 0. The molecule has 27 heavy (non-hydrogen) atoms. The predicted octanol–water partition coefficient (Wildman–Crippen LogP) is 5.28. The molecule has 0 saturated heterocycles. The number of sulfonamides is 1. The zero-order valence-corrected chi connectivity index (χ0v) is 16.1. The van der Waals surface area contributed by atoms with Crippen LogP contribution >= 0.6 is 0 Å². The average Bonchev–Trinajstić information content (AvgIpc) is 2.69. The van der Waals surface area contributed by atoms with Gasteiger partial charge in [0.1, 0.15) is 0 Å². The molecule has 0 aliphatic heterocycles. The Kier molecular flexibility index (Phi) is 5.67. The fraction of sp³-hybridized carbons (Fsp3) is 0.0870. The van der Waals surface area contributed by atoms with Gasteiger partial charge in [-0.25, -0.2) is 0 Å². The minimum absolute atomic E-state index is 0.187. The Morgan fingerprint density at radius 3 is 1.85 bits per heavy atom. The van der Waals surface area contributed by atoms with Crippen molar-refractivity contribution in [1.82, 2.24) is 0 Å². The molecule has 0 fully saturated rings. The monoisotopic (exact) mass is 375 g/mol. The van der Waals surface area contributed by atoms with Crippen LogP contribution < -0.4 is 0 Å². The van der Waals surface area contributed by atoms with Crippen LogP contribution in [0.1, 0.15) is 23.6 Å². The van der Waals surface area contributed by atoms with E-state index in [1.165, 1.54) is 0 Å². The van der Waals surface area contributed by atoms with Crippen molar-refractivity contribution < 1.29 is 8.42 Å². The molecule has 0 aliphatic rings. The van der Waals surface area contributed by atoms with E-state index >= 15 is 0 Å². The van der Waals surface area contributed by atoms with E-state index in [1.54, 1.807) is 24.3 Å².